The predicted molar refractivity (Wildman–Crippen MR) is 91.1 cm³/mol. The zero-order chi connectivity index (χ0) is 14.5. The molecular formula is C14H16Br2N2OS. The molecule has 0 saturated heterocycles. The number of aryl methyl sites for hydroxylation is 1. The molecule has 0 spiro atoms. The number of hydrogen-bond donors (Lipinski definition) is 2. The third-order valence-corrected chi connectivity index (χ3v) is 5.53. The summed E-state index contributed by atoms with van der Waals surface area (Å²) in [5.74, 6) is 6.57. The highest BCUT2D eigenvalue weighted by Crippen LogP contribution is 2.36. The van der Waals surface area contributed by atoms with E-state index < -0.39 is 0 Å². The number of hydrogen-bond acceptors (Lipinski definition) is 4. The molecular weight excluding hydrogens is 404 g/mol. The third-order valence-electron chi connectivity index (χ3n) is 3.14. The maximum absolute atomic E-state index is 5.69. The van der Waals surface area contributed by atoms with Gasteiger partial charge in [0, 0.05) is 6.04 Å². The van der Waals surface area contributed by atoms with E-state index in [4.69, 9.17) is 10.6 Å². The van der Waals surface area contributed by atoms with Crippen LogP contribution in [-0.2, 0) is 6.42 Å². The summed E-state index contributed by atoms with van der Waals surface area (Å²) in [4.78, 5) is 0. The summed E-state index contributed by atoms with van der Waals surface area (Å²) in [6.07, 6.45) is 1.89. The Bertz CT molecular complexity index is 557. The topological polar surface area (TPSA) is 47.3 Å². The number of nitrogens with two attached hydrogens (primary N) is 1. The summed E-state index contributed by atoms with van der Waals surface area (Å²) >= 11 is 8.74. The van der Waals surface area contributed by atoms with Gasteiger partial charge in [-0.3, -0.25) is 11.3 Å². The molecule has 1 aromatic carbocycles. The van der Waals surface area contributed by atoms with Crippen LogP contribution in [0.2, 0.25) is 0 Å². The first kappa shape index (κ1) is 16.0. The van der Waals surface area contributed by atoms with Crippen molar-refractivity contribution in [2.45, 2.75) is 18.9 Å². The fraction of sp³-hybridized carbons (Fsp3) is 0.286. The molecule has 0 saturated carbocycles. The van der Waals surface area contributed by atoms with E-state index in [1.165, 1.54) is 11.1 Å². The number of hydrazine groups is 1. The Hall–Kier alpha value is -0.400. The first-order valence-corrected chi connectivity index (χ1v) is 8.58. The number of benzene rings is 1. The molecule has 2 aromatic rings. The largest absolute Gasteiger partial charge is 0.497 e. The summed E-state index contributed by atoms with van der Waals surface area (Å²) in [6.45, 7) is 0. The maximum atomic E-state index is 5.69. The molecule has 0 bridgehead atoms. The van der Waals surface area contributed by atoms with Crippen LogP contribution >= 0.6 is 43.2 Å². The number of thiophene rings is 1. The van der Waals surface area contributed by atoms with Crippen molar-refractivity contribution in [3.8, 4) is 5.75 Å². The standard InChI is InChI=1S/C14H16Br2N2OS/c1-19-10-5-2-9(3-6-10)4-7-12(18-17)11-8-13(15)20-14(11)16/h2-3,5-6,8,12,18H,4,7,17H2,1H3. The van der Waals surface area contributed by atoms with Crippen molar-refractivity contribution < 1.29 is 4.74 Å². The minimum Gasteiger partial charge on any atom is -0.497 e. The number of halogens is 2. The van der Waals surface area contributed by atoms with Gasteiger partial charge >= 0.3 is 0 Å². The summed E-state index contributed by atoms with van der Waals surface area (Å²) in [7, 11) is 1.68. The molecule has 3 nitrogen and oxygen atoms in total. The monoisotopic (exact) mass is 418 g/mol. The molecule has 0 fully saturated rings. The highest BCUT2D eigenvalue weighted by atomic mass is 79.9. The first-order valence-electron chi connectivity index (χ1n) is 6.18. The van der Waals surface area contributed by atoms with E-state index in [9.17, 15) is 0 Å². The molecule has 108 valence electrons. The van der Waals surface area contributed by atoms with Gasteiger partial charge in [-0.1, -0.05) is 12.1 Å². The second kappa shape index (κ2) is 7.56. The van der Waals surface area contributed by atoms with Gasteiger partial charge in [0.25, 0.3) is 0 Å². The highest BCUT2D eigenvalue weighted by molar-refractivity contribution is 9.12. The van der Waals surface area contributed by atoms with Gasteiger partial charge in [0.05, 0.1) is 14.7 Å². The molecule has 2 rings (SSSR count). The highest BCUT2D eigenvalue weighted by Gasteiger charge is 2.16. The lowest BCUT2D eigenvalue weighted by Gasteiger charge is -2.15. The van der Waals surface area contributed by atoms with Gasteiger partial charge in [0.15, 0.2) is 0 Å². The van der Waals surface area contributed by atoms with Crippen LogP contribution in [-0.4, -0.2) is 7.11 Å². The minimum absolute atomic E-state index is 0.133. The second-order valence-electron chi connectivity index (χ2n) is 4.39. The van der Waals surface area contributed by atoms with Crippen LogP contribution < -0.4 is 16.0 Å². The maximum Gasteiger partial charge on any atom is 0.118 e. The van der Waals surface area contributed by atoms with Gasteiger partial charge in [0.1, 0.15) is 5.75 Å². The molecule has 1 aromatic heterocycles. The van der Waals surface area contributed by atoms with Crippen molar-refractivity contribution in [2.24, 2.45) is 5.84 Å². The molecule has 0 aliphatic rings. The third kappa shape index (κ3) is 4.05. The molecule has 0 radical (unpaired) electrons. The first-order chi connectivity index (χ1) is 9.63. The van der Waals surface area contributed by atoms with Crippen molar-refractivity contribution in [1.29, 1.82) is 0 Å². The molecule has 1 atom stereocenters. The van der Waals surface area contributed by atoms with Crippen molar-refractivity contribution in [1.82, 2.24) is 5.43 Å². The normalized spacial score (nSPS) is 12.4. The van der Waals surface area contributed by atoms with Gasteiger partial charge in [-0.2, -0.15) is 0 Å². The lowest BCUT2D eigenvalue weighted by Crippen LogP contribution is -2.28. The van der Waals surface area contributed by atoms with E-state index in [2.05, 4.69) is 55.5 Å². The van der Waals surface area contributed by atoms with Crippen LogP contribution in [0.15, 0.2) is 37.9 Å². The summed E-state index contributed by atoms with van der Waals surface area (Å²) in [6, 6.07) is 10.4. The van der Waals surface area contributed by atoms with Crippen LogP contribution in [0.25, 0.3) is 0 Å². The zero-order valence-corrected chi connectivity index (χ0v) is 15.0. The molecule has 0 amide bonds. The quantitative estimate of drug-likeness (QED) is 0.538. The van der Waals surface area contributed by atoms with E-state index >= 15 is 0 Å². The molecule has 0 aliphatic carbocycles. The second-order valence-corrected chi connectivity index (χ2v) is 8.13. The van der Waals surface area contributed by atoms with Crippen molar-refractivity contribution >= 4 is 43.2 Å². The van der Waals surface area contributed by atoms with Crippen molar-refractivity contribution in [2.75, 3.05) is 7.11 Å². The Balaban J connectivity index is 2.01. The van der Waals surface area contributed by atoms with Gasteiger partial charge in [-0.25, -0.2) is 0 Å². The van der Waals surface area contributed by atoms with Crippen molar-refractivity contribution in [3.05, 3.63) is 49.0 Å². The van der Waals surface area contributed by atoms with Crippen LogP contribution in [0, 0.1) is 0 Å². The molecule has 0 aliphatic heterocycles. The van der Waals surface area contributed by atoms with Crippen LogP contribution in [0.1, 0.15) is 23.6 Å². The van der Waals surface area contributed by atoms with Crippen LogP contribution in [0.3, 0.4) is 0 Å². The van der Waals surface area contributed by atoms with Crippen LogP contribution in [0.4, 0.5) is 0 Å². The Labute approximate surface area is 139 Å². The summed E-state index contributed by atoms with van der Waals surface area (Å²) in [5, 5.41) is 0. The number of rotatable bonds is 6. The molecule has 3 N–H and O–H groups in total. The van der Waals surface area contributed by atoms with Gasteiger partial charge in [-0.15, -0.1) is 11.3 Å². The number of ether oxygens (including phenoxy) is 1. The molecule has 20 heavy (non-hydrogen) atoms. The molecule has 6 heteroatoms. The SMILES string of the molecule is COc1ccc(CCC(NN)c2cc(Br)sc2Br)cc1. The van der Waals surface area contributed by atoms with E-state index in [1.54, 1.807) is 18.4 Å². The zero-order valence-electron chi connectivity index (χ0n) is 11.0. The smallest absolute Gasteiger partial charge is 0.118 e. The van der Waals surface area contributed by atoms with E-state index in [-0.39, 0.29) is 6.04 Å². The van der Waals surface area contributed by atoms with Crippen LogP contribution in [0.5, 0.6) is 5.75 Å². The van der Waals surface area contributed by atoms with Gasteiger partial charge < -0.3 is 4.74 Å². The Morgan fingerprint density at radius 3 is 2.50 bits per heavy atom. The lowest BCUT2D eigenvalue weighted by molar-refractivity contribution is 0.414. The fourth-order valence-electron chi connectivity index (χ4n) is 2.02. The van der Waals surface area contributed by atoms with Crippen molar-refractivity contribution in [3.63, 3.8) is 0 Å². The Kier molecular flexibility index (Phi) is 6.04. The van der Waals surface area contributed by atoms with E-state index in [1.807, 2.05) is 12.1 Å². The van der Waals surface area contributed by atoms with E-state index in [0.29, 0.717) is 0 Å². The predicted octanol–water partition coefficient (Wildman–Crippen LogP) is 4.42. The summed E-state index contributed by atoms with van der Waals surface area (Å²) < 4.78 is 7.38. The number of nitrogens with one attached hydrogen (secondary N) is 1. The molecule has 1 unspecified atom stereocenters. The minimum atomic E-state index is 0.133. The average molecular weight is 420 g/mol. The summed E-state index contributed by atoms with van der Waals surface area (Å²) in [5.41, 5.74) is 5.36. The Morgan fingerprint density at radius 2 is 2.00 bits per heavy atom. The fourth-order valence-corrected chi connectivity index (χ4v) is 5.00. The van der Waals surface area contributed by atoms with Gasteiger partial charge in [0.2, 0.25) is 0 Å². The number of methoxy groups -OCH3 is 1. The Morgan fingerprint density at radius 1 is 1.30 bits per heavy atom. The van der Waals surface area contributed by atoms with Gasteiger partial charge in [-0.05, 0) is 74.0 Å². The average Bonchev–Trinajstić information content (AvgIpc) is 2.79. The van der Waals surface area contributed by atoms with E-state index in [0.717, 1.165) is 26.2 Å². The molecule has 1 heterocycles. The lowest BCUT2D eigenvalue weighted by atomic mass is 10.0.